The van der Waals surface area contributed by atoms with Gasteiger partial charge >= 0.3 is 6.98 Å². The monoisotopic (exact) mass is 346 g/mol. The highest BCUT2D eigenvalue weighted by Crippen LogP contribution is 2.42. The van der Waals surface area contributed by atoms with E-state index in [2.05, 4.69) is 95.0 Å². The molecule has 2 heterocycles. The van der Waals surface area contributed by atoms with Crippen molar-refractivity contribution in [3.05, 3.63) is 96.2 Å². The second-order valence-corrected chi connectivity index (χ2v) is 7.35. The molecule has 2 nitrogen and oxygen atoms in total. The molecule has 0 unspecified atom stereocenters. The molecule has 2 aliphatic heterocycles. The predicted molar refractivity (Wildman–Crippen MR) is 114 cm³/mol. The lowest BCUT2D eigenvalue weighted by Crippen LogP contribution is -2.62. The molecule has 1 aliphatic carbocycles. The van der Waals surface area contributed by atoms with Gasteiger partial charge < -0.3 is 10.0 Å². The van der Waals surface area contributed by atoms with E-state index in [4.69, 9.17) is 0 Å². The normalized spacial score (nSPS) is 16.4. The number of rotatable bonds is 1. The minimum atomic E-state index is 0.106. The second kappa shape index (κ2) is 5.65. The average Bonchev–Trinajstić information content (AvgIpc) is 2.75. The quantitative estimate of drug-likeness (QED) is 0.633. The van der Waals surface area contributed by atoms with Gasteiger partial charge in [-0.05, 0) is 53.2 Å². The minimum Gasteiger partial charge on any atom is -0.405 e. The summed E-state index contributed by atoms with van der Waals surface area (Å²) >= 11 is 0. The fourth-order valence-electron chi connectivity index (χ4n) is 4.74. The molecular weight excluding hydrogens is 327 g/mol. The summed E-state index contributed by atoms with van der Waals surface area (Å²) < 4.78 is 0. The summed E-state index contributed by atoms with van der Waals surface area (Å²) in [7, 11) is 0. The third kappa shape index (κ3) is 2.09. The first kappa shape index (κ1) is 14.9. The summed E-state index contributed by atoms with van der Waals surface area (Å²) in [6, 6.07) is 26.2. The third-order valence-electron chi connectivity index (χ3n) is 5.86. The standard InChI is InChI=1S/C24H19BN2/c1-2-9-17(10-3-1)27-23-16-7-5-12-19(23)21-14-8-13-20-18-11-4-6-15-22(18)26-25(27)24(20)21/h1-3,5,7-16,26H,4,6H2. The van der Waals surface area contributed by atoms with Crippen molar-refractivity contribution in [3.63, 3.8) is 0 Å². The Morgan fingerprint density at radius 3 is 2.37 bits per heavy atom. The smallest absolute Gasteiger partial charge is 0.405 e. The van der Waals surface area contributed by atoms with E-state index in [1.807, 2.05) is 0 Å². The first-order valence-electron chi connectivity index (χ1n) is 9.66. The van der Waals surface area contributed by atoms with Crippen molar-refractivity contribution in [2.45, 2.75) is 12.8 Å². The zero-order valence-corrected chi connectivity index (χ0v) is 15.0. The Bertz CT molecular complexity index is 1110. The maximum Gasteiger partial charge on any atom is 0.414 e. The van der Waals surface area contributed by atoms with Crippen LogP contribution in [0.3, 0.4) is 0 Å². The fourth-order valence-corrected chi connectivity index (χ4v) is 4.74. The molecule has 0 amide bonds. The summed E-state index contributed by atoms with van der Waals surface area (Å²) in [5.74, 6) is 0. The number of nitrogens with one attached hydrogen (secondary N) is 1. The lowest BCUT2D eigenvalue weighted by Gasteiger charge is -2.43. The Morgan fingerprint density at radius 2 is 1.44 bits per heavy atom. The maximum atomic E-state index is 3.86. The van der Waals surface area contributed by atoms with Gasteiger partial charge in [0.25, 0.3) is 0 Å². The number of fused-ring (bicyclic) bond motifs is 4. The van der Waals surface area contributed by atoms with E-state index in [1.165, 1.54) is 44.8 Å². The van der Waals surface area contributed by atoms with Crippen LogP contribution in [0.15, 0.2) is 90.6 Å². The molecule has 3 aromatic rings. The molecule has 0 radical (unpaired) electrons. The van der Waals surface area contributed by atoms with E-state index < -0.39 is 0 Å². The molecule has 0 saturated heterocycles. The van der Waals surface area contributed by atoms with E-state index in [9.17, 15) is 0 Å². The summed E-state index contributed by atoms with van der Waals surface area (Å²) in [6.07, 6.45) is 6.97. The number of anilines is 2. The summed E-state index contributed by atoms with van der Waals surface area (Å²) in [6.45, 7) is 0.106. The molecule has 3 aliphatic rings. The van der Waals surface area contributed by atoms with Crippen LogP contribution in [0.1, 0.15) is 18.4 Å². The molecule has 3 aromatic carbocycles. The van der Waals surface area contributed by atoms with Gasteiger partial charge in [-0.3, -0.25) is 0 Å². The van der Waals surface area contributed by atoms with Gasteiger partial charge in [0.05, 0.1) is 0 Å². The number of hydrogen-bond donors (Lipinski definition) is 1. The Hall–Kier alpha value is -3.20. The van der Waals surface area contributed by atoms with Gasteiger partial charge in [-0.2, -0.15) is 0 Å². The first-order chi connectivity index (χ1) is 13.4. The van der Waals surface area contributed by atoms with Crippen molar-refractivity contribution < 1.29 is 0 Å². The molecule has 0 atom stereocenters. The highest BCUT2D eigenvalue weighted by Gasteiger charge is 2.42. The molecule has 3 heteroatoms. The van der Waals surface area contributed by atoms with Crippen molar-refractivity contribution in [1.82, 2.24) is 5.23 Å². The van der Waals surface area contributed by atoms with Crippen LogP contribution < -0.4 is 15.5 Å². The highest BCUT2D eigenvalue weighted by atomic mass is 15.2. The number of benzene rings is 3. The summed E-state index contributed by atoms with van der Waals surface area (Å²) in [5, 5.41) is 3.86. The Kier molecular flexibility index (Phi) is 3.12. The Morgan fingerprint density at radius 1 is 0.704 bits per heavy atom. The predicted octanol–water partition coefficient (Wildman–Crippen LogP) is 4.86. The minimum absolute atomic E-state index is 0.106. The molecule has 0 saturated carbocycles. The average molecular weight is 346 g/mol. The molecule has 27 heavy (non-hydrogen) atoms. The van der Waals surface area contributed by atoms with Crippen LogP contribution >= 0.6 is 0 Å². The van der Waals surface area contributed by atoms with Crippen molar-refractivity contribution in [1.29, 1.82) is 0 Å². The topological polar surface area (TPSA) is 15.3 Å². The van der Waals surface area contributed by atoms with E-state index in [1.54, 1.807) is 0 Å². The Balaban J connectivity index is 1.68. The first-order valence-corrected chi connectivity index (χ1v) is 9.66. The van der Waals surface area contributed by atoms with Crippen molar-refractivity contribution >= 4 is 29.4 Å². The van der Waals surface area contributed by atoms with E-state index in [-0.39, 0.29) is 6.98 Å². The fraction of sp³-hybridized carbons (Fsp3) is 0.0833. The van der Waals surface area contributed by atoms with Crippen LogP contribution in [-0.2, 0) is 0 Å². The zero-order chi connectivity index (χ0) is 17.8. The van der Waals surface area contributed by atoms with Crippen LogP contribution in [0.25, 0.3) is 16.7 Å². The van der Waals surface area contributed by atoms with Crippen LogP contribution in [0, 0.1) is 0 Å². The zero-order valence-electron chi connectivity index (χ0n) is 15.0. The SMILES string of the molecule is C1=C2NB3c4c(cccc4-c4ccccc4N3c3ccccc3)C2=CCC1. The van der Waals surface area contributed by atoms with Crippen molar-refractivity contribution in [3.8, 4) is 11.1 Å². The van der Waals surface area contributed by atoms with Gasteiger partial charge in [0, 0.05) is 22.6 Å². The Labute approximate surface area is 160 Å². The lowest BCUT2D eigenvalue weighted by atomic mass is 9.54. The number of para-hydroxylation sites is 2. The van der Waals surface area contributed by atoms with E-state index in [0.717, 1.165) is 12.8 Å². The lowest BCUT2D eigenvalue weighted by molar-refractivity contribution is 0.990. The van der Waals surface area contributed by atoms with Crippen LogP contribution in [-0.4, -0.2) is 6.98 Å². The second-order valence-electron chi connectivity index (χ2n) is 7.35. The van der Waals surface area contributed by atoms with E-state index >= 15 is 0 Å². The molecule has 0 bridgehead atoms. The van der Waals surface area contributed by atoms with Gasteiger partial charge in [-0.15, -0.1) is 0 Å². The number of allylic oxidation sites excluding steroid dienone is 3. The highest BCUT2D eigenvalue weighted by molar-refractivity contribution is 6.80. The van der Waals surface area contributed by atoms with Gasteiger partial charge in [0.15, 0.2) is 0 Å². The molecule has 128 valence electrons. The maximum absolute atomic E-state index is 3.86. The molecule has 1 N–H and O–H groups in total. The molecular formula is C24H19BN2. The largest absolute Gasteiger partial charge is 0.414 e. The summed E-state index contributed by atoms with van der Waals surface area (Å²) in [4.78, 5) is 2.45. The van der Waals surface area contributed by atoms with Crippen LogP contribution in [0.5, 0.6) is 0 Å². The van der Waals surface area contributed by atoms with Gasteiger partial charge in [-0.25, -0.2) is 0 Å². The number of nitrogens with zero attached hydrogens (tertiary/aromatic N) is 1. The van der Waals surface area contributed by atoms with Crippen molar-refractivity contribution in [2.24, 2.45) is 0 Å². The molecule has 0 spiro atoms. The molecule has 6 rings (SSSR count). The van der Waals surface area contributed by atoms with Crippen LogP contribution in [0.4, 0.5) is 11.4 Å². The van der Waals surface area contributed by atoms with Gasteiger partial charge in [0.1, 0.15) is 0 Å². The number of hydrogen-bond acceptors (Lipinski definition) is 2. The summed E-state index contributed by atoms with van der Waals surface area (Å²) in [5.41, 5.74) is 10.5. The molecule has 0 aromatic heterocycles. The van der Waals surface area contributed by atoms with Gasteiger partial charge in [0.2, 0.25) is 0 Å². The van der Waals surface area contributed by atoms with Gasteiger partial charge in [-0.1, -0.05) is 66.7 Å². The molecule has 0 fully saturated rings. The van der Waals surface area contributed by atoms with Crippen molar-refractivity contribution in [2.75, 3.05) is 4.81 Å². The van der Waals surface area contributed by atoms with E-state index in [0.29, 0.717) is 0 Å². The van der Waals surface area contributed by atoms with Crippen LogP contribution in [0.2, 0.25) is 0 Å². The third-order valence-corrected chi connectivity index (χ3v) is 5.86.